The van der Waals surface area contributed by atoms with Gasteiger partial charge in [-0.25, -0.2) is 0 Å². The Labute approximate surface area is 91.9 Å². The summed E-state index contributed by atoms with van der Waals surface area (Å²) in [6, 6.07) is 0. The van der Waals surface area contributed by atoms with Crippen LogP contribution in [-0.2, 0) is 9.59 Å². The Morgan fingerprint density at radius 2 is 1.67 bits per heavy atom. The van der Waals surface area contributed by atoms with Gasteiger partial charge in [-0.3, -0.25) is 9.59 Å². The highest BCUT2D eigenvalue weighted by atomic mass is 16.4. The number of carboxylic acid groups (broad SMARTS) is 1. The zero-order valence-electron chi connectivity index (χ0n) is 9.79. The third kappa shape index (κ3) is 11.1. The maximum Gasteiger partial charge on any atom is 0.310 e. The molecule has 0 unspecified atom stereocenters. The normalized spacial score (nSPS) is 10.6. The van der Waals surface area contributed by atoms with Gasteiger partial charge in [0, 0.05) is 6.42 Å². The summed E-state index contributed by atoms with van der Waals surface area (Å²) in [6.07, 6.45) is 5.59. The predicted octanol–water partition coefficient (Wildman–Crippen LogP) is 3.03. The molecule has 0 amide bonds. The van der Waals surface area contributed by atoms with Crippen LogP contribution in [0.4, 0.5) is 0 Å². The molecule has 0 heterocycles. The molecule has 0 saturated carbocycles. The van der Waals surface area contributed by atoms with Gasteiger partial charge in [-0.05, 0) is 12.3 Å². The molecular formula is C12H22O3. The van der Waals surface area contributed by atoms with Crippen molar-refractivity contribution in [2.75, 3.05) is 0 Å². The first-order chi connectivity index (χ1) is 7.02. The molecule has 3 heteroatoms. The average molecular weight is 214 g/mol. The van der Waals surface area contributed by atoms with Gasteiger partial charge in [0.05, 0.1) is 0 Å². The molecule has 3 nitrogen and oxygen atoms in total. The van der Waals surface area contributed by atoms with Crippen molar-refractivity contribution >= 4 is 11.8 Å². The Hall–Kier alpha value is -0.860. The van der Waals surface area contributed by atoms with Gasteiger partial charge < -0.3 is 5.11 Å². The van der Waals surface area contributed by atoms with Crippen molar-refractivity contribution in [1.29, 1.82) is 0 Å². The summed E-state index contributed by atoms with van der Waals surface area (Å²) in [6.45, 7) is 4.41. The number of carbonyl (C=O) groups is 2. The van der Waals surface area contributed by atoms with Crippen LogP contribution in [0.2, 0.25) is 0 Å². The Bertz CT molecular complexity index is 197. The summed E-state index contributed by atoms with van der Waals surface area (Å²) in [5, 5.41) is 8.36. The zero-order valence-corrected chi connectivity index (χ0v) is 9.79. The zero-order chi connectivity index (χ0) is 11.7. The Balaban J connectivity index is 3.24. The summed E-state index contributed by atoms with van der Waals surface area (Å²) in [4.78, 5) is 21.2. The molecule has 0 aliphatic heterocycles. The van der Waals surface area contributed by atoms with Gasteiger partial charge in [-0.2, -0.15) is 0 Å². The van der Waals surface area contributed by atoms with E-state index in [-0.39, 0.29) is 12.2 Å². The summed E-state index contributed by atoms with van der Waals surface area (Å²) < 4.78 is 0. The van der Waals surface area contributed by atoms with E-state index in [2.05, 4.69) is 13.8 Å². The van der Waals surface area contributed by atoms with E-state index in [1.54, 1.807) is 0 Å². The van der Waals surface area contributed by atoms with Crippen molar-refractivity contribution < 1.29 is 14.7 Å². The highest BCUT2D eigenvalue weighted by Crippen LogP contribution is 2.10. The van der Waals surface area contributed by atoms with Crippen LogP contribution in [0.25, 0.3) is 0 Å². The van der Waals surface area contributed by atoms with Crippen LogP contribution in [0, 0.1) is 5.92 Å². The van der Waals surface area contributed by atoms with Crippen LogP contribution in [-0.4, -0.2) is 16.9 Å². The van der Waals surface area contributed by atoms with Gasteiger partial charge in [0.15, 0.2) is 0 Å². The van der Waals surface area contributed by atoms with Crippen molar-refractivity contribution in [3.8, 4) is 0 Å². The monoisotopic (exact) mass is 214 g/mol. The van der Waals surface area contributed by atoms with E-state index in [9.17, 15) is 9.59 Å². The molecule has 0 radical (unpaired) electrons. The molecule has 88 valence electrons. The average Bonchev–Trinajstić information content (AvgIpc) is 2.09. The number of carboxylic acids is 1. The molecule has 0 bridgehead atoms. The van der Waals surface area contributed by atoms with Gasteiger partial charge in [0.2, 0.25) is 0 Å². The number of carbonyl (C=O) groups excluding carboxylic acids is 1. The van der Waals surface area contributed by atoms with E-state index >= 15 is 0 Å². The molecule has 0 aliphatic carbocycles. The van der Waals surface area contributed by atoms with E-state index in [0.29, 0.717) is 6.42 Å². The van der Waals surface area contributed by atoms with Crippen LogP contribution >= 0.6 is 0 Å². The van der Waals surface area contributed by atoms with Crippen molar-refractivity contribution in [1.82, 2.24) is 0 Å². The Morgan fingerprint density at radius 3 is 2.20 bits per heavy atom. The first-order valence-corrected chi connectivity index (χ1v) is 5.76. The molecular weight excluding hydrogens is 192 g/mol. The SMILES string of the molecule is CC(C)CCCCCCC(=O)CC(=O)O. The van der Waals surface area contributed by atoms with Gasteiger partial charge >= 0.3 is 5.97 Å². The summed E-state index contributed by atoms with van der Waals surface area (Å²) in [7, 11) is 0. The molecule has 0 spiro atoms. The third-order valence-electron chi connectivity index (χ3n) is 2.34. The molecule has 0 atom stereocenters. The molecule has 0 aromatic carbocycles. The predicted molar refractivity (Wildman–Crippen MR) is 59.8 cm³/mol. The third-order valence-corrected chi connectivity index (χ3v) is 2.34. The fraction of sp³-hybridized carbons (Fsp3) is 0.833. The first-order valence-electron chi connectivity index (χ1n) is 5.76. The second-order valence-electron chi connectivity index (χ2n) is 4.46. The van der Waals surface area contributed by atoms with E-state index in [1.165, 1.54) is 12.8 Å². The number of hydrogen-bond acceptors (Lipinski definition) is 2. The number of hydrogen-bond donors (Lipinski definition) is 1. The lowest BCUT2D eigenvalue weighted by molar-refractivity contribution is -0.140. The first kappa shape index (κ1) is 14.1. The minimum Gasteiger partial charge on any atom is -0.481 e. The molecule has 0 aromatic rings. The standard InChI is InChI=1S/C12H22O3/c1-10(2)7-5-3-4-6-8-11(13)9-12(14)15/h10H,3-9H2,1-2H3,(H,14,15). The number of Topliss-reactive ketones (excluding diaryl/α,β-unsaturated/α-hetero) is 1. The summed E-state index contributed by atoms with van der Waals surface area (Å²) >= 11 is 0. The molecule has 0 fully saturated rings. The Morgan fingerprint density at radius 1 is 1.07 bits per heavy atom. The van der Waals surface area contributed by atoms with Crippen molar-refractivity contribution in [2.24, 2.45) is 5.92 Å². The van der Waals surface area contributed by atoms with Gasteiger partial charge in [0.25, 0.3) is 0 Å². The highest BCUT2D eigenvalue weighted by molar-refractivity contribution is 5.94. The quantitative estimate of drug-likeness (QED) is 0.474. The number of ketones is 1. The topological polar surface area (TPSA) is 54.4 Å². The highest BCUT2D eigenvalue weighted by Gasteiger charge is 2.06. The van der Waals surface area contributed by atoms with Crippen molar-refractivity contribution in [3.63, 3.8) is 0 Å². The van der Waals surface area contributed by atoms with E-state index in [4.69, 9.17) is 5.11 Å². The van der Waals surface area contributed by atoms with Crippen LogP contribution in [0.5, 0.6) is 0 Å². The lowest BCUT2D eigenvalue weighted by Crippen LogP contribution is -2.06. The molecule has 15 heavy (non-hydrogen) atoms. The minimum absolute atomic E-state index is 0.147. The second kappa shape index (κ2) is 8.45. The van der Waals surface area contributed by atoms with E-state index in [0.717, 1.165) is 25.2 Å². The fourth-order valence-corrected chi connectivity index (χ4v) is 1.49. The van der Waals surface area contributed by atoms with Crippen molar-refractivity contribution in [2.45, 2.75) is 58.8 Å². The number of unbranched alkanes of at least 4 members (excludes halogenated alkanes) is 3. The van der Waals surface area contributed by atoms with E-state index in [1.807, 2.05) is 0 Å². The van der Waals surface area contributed by atoms with Crippen LogP contribution < -0.4 is 0 Å². The van der Waals surface area contributed by atoms with Crippen LogP contribution in [0.1, 0.15) is 58.8 Å². The van der Waals surface area contributed by atoms with Gasteiger partial charge in [-0.1, -0.05) is 39.5 Å². The minimum atomic E-state index is -1.01. The summed E-state index contributed by atoms with van der Waals surface area (Å²) in [5.74, 6) is -0.412. The molecule has 1 N–H and O–H groups in total. The number of rotatable bonds is 9. The number of aliphatic carboxylic acids is 1. The molecule has 0 saturated heterocycles. The fourth-order valence-electron chi connectivity index (χ4n) is 1.49. The maximum absolute atomic E-state index is 11.0. The van der Waals surface area contributed by atoms with Gasteiger partial charge in [0.1, 0.15) is 12.2 Å². The molecule has 0 aliphatic rings. The maximum atomic E-state index is 11.0. The largest absolute Gasteiger partial charge is 0.481 e. The van der Waals surface area contributed by atoms with Crippen LogP contribution in [0.15, 0.2) is 0 Å². The second-order valence-corrected chi connectivity index (χ2v) is 4.46. The molecule has 0 aromatic heterocycles. The van der Waals surface area contributed by atoms with Crippen molar-refractivity contribution in [3.05, 3.63) is 0 Å². The smallest absolute Gasteiger partial charge is 0.310 e. The van der Waals surface area contributed by atoms with Crippen LogP contribution in [0.3, 0.4) is 0 Å². The van der Waals surface area contributed by atoms with E-state index < -0.39 is 5.97 Å². The Kier molecular flexibility index (Phi) is 7.96. The summed E-state index contributed by atoms with van der Waals surface area (Å²) in [5.41, 5.74) is 0. The van der Waals surface area contributed by atoms with Gasteiger partial charge in [-0.15, -0.1) is 0 Å². The lowest BCUT2D eigenvalue weighted by atomic mass is 10.0. The lowest BCUT2D eigenvalue weighted by Gasteiger charge is -2.03. The molecule has 0 rings (SSSR count).